The molecular weight excluding hydrogens is 265 g/mol. The molecule has 0 amide bonds. The van der Waals surface area contributed by atoms with Gasteiger partial charge in [0.25, 0.3) is 0 Å². The first-order valence-electron chi connectivity index (χ1n) is 3.48. The van der Waals surface area contributed by atoms with Crippen LogP contribution >= 0.6 is 22.6 Å². The van der Waals surface area contributed by atoms with E-state index in [1.54, 1.807) is 17.1 Å². The van der Waals surface area contributed by atoms with E-state index in [1.165, 1.54) is 0 Å². The molecule has 0 bridgehead atoms. The Morgan fingerprint density at radius 1 is 1.33 bits per heavy atom. The third-order valence-electron chi connectivity index (χ3n) is 1.44. The lowest BCUT2D eigenvalue weighted by Crippen LogP contribution is -1.95. The fourth-order valence-corrected chi connectivity index (χ4v) is 1.30. The number of pyridine rings is 1. The van der Waals surface area contributed by atoms with Gasteiger partial charge in [-0.25, -0.2) is 9.67 Å². The first-order chi connectivity index (χ1) is 5.86. The third kappa shape index (κ3) is 1.47. The molecule has 0 saturated carbocycles. The van der Waals surface area contributed by atoms with Gasteiger partial charge in [0.2, 0.25) is 0 Å². The van der Waals surface area contributed by atoms with Gasteiger partial charge in [-0.3, -0.25) is 0 Å². The van der Waals surface area contributed by atoms with Crippen molar-refractivity contribution < 1.29 is 0 Å². The van der Waals surface area contributed by atoms with Gasteiger partial charge in [-0.05, 0) is 34.7 Å². The highest BCUT2D eigenvalue weighted by Gasteiger charge is 1.96. The first-order valence-corrected chi connectivity index (χ1v) is 4.56. The second-order valence-corrected chi connectivity index (χ2v) is 3.54. The van der Waals surface area contributed by atoms with Crippen molar-refractivity contribution in [3.63, 3.8) is 0 Å². The van der Waals surface area contributed by atoms with E-state index in [0.29, 0.717) is 0 Å². The van der Waals surface area contributed by atoms with E-state index in [0.717, 1.165) is 9.39 Å². The molecule has 3 nitrogen and oxygen atoms in total. The molecule has 0 aliphatic carbocycles. The summed E-state index contributed by atoms with van der Waals surface area (Å²) in [4.78, 5) is 4.16. The summed E-state index contributed by atoms with van der Waals surface area (Å²) in [6.07, 6.45) is 5.49. The third-order valence-corrected chi connectivity index (χ3v) is 1.99. The SMILES string of the molecule is Ic1cnn(-c2ccccn2)c1. The second kappa shape index (κ2) is 3.22. The van der Waals surface area contributed by atoms with Crippen molar-refractivity contribution in [2.24, 2.45) is 0 Å². The molecule has 2 aromatic heterocycles. The van der Waals surface area contributed by atoms with E-state index in [9.17, 15) is 0 Å². The lowest BCUT2D eigenvalue weighted by molar-refractivity contribution is 0.847. The molecular formula is C8H6IN3. The molecule has 0 atom stereocenters. The minimum Gasteiger partial charge on any atom is -0.237 e. The Kier molecular flexibility index (Phi) is 2.07. The zero-order chi connectivity index (χ0) is 8.39. The van der Waals surface area contributed by atoms with Gasteiger partial charge in [0.05, 0.1) is 9.77 Å². The summed E-state index contributed by atoms with van der Waals surface area (Å²) < 4.78 is 2.86. The zero-order valence-electron chi connectivity index (χ0n) is 6.18. The molecule has 0 saturated heterocycles. The molecule has 0 spiro atoms. The Balaban J connectivity index is 2.45. The van der Waals surface area contributed by atoms with Crippen LogP contribution < -0.4 is 0 Å². The highest BCUT2D eigenvalue weighted by Crippen LogP contribution is 2.05. The Morgan fingerprint density at radius 3 is 2.83 bits per heavy atom. The Labute approximate surface area is 83.6 Å². The van der Waals surface area contributed by atoms with Crippen LogP contribution in [-0.2, 0) is 0 Å². The highest BCUT2D eigenvalue weighted by atomic mass is 127. The lowest BCUT2D eigenvalue weighted by atomic mass is 10.5. The van der Waals surface area contributed by atoms with E-state index in [4.69, 9.17) is 0 Å². The molecule has 0 aromatic carbocycles. The lowest BCUT2D eigenvalue weighted by Gasteiger charge is -1.96. The summed E-state index contributed by atoms with van der Waals surface area (Å²) >= 11 is 2.22. The molecule has 0 unspecified atom stereocenters. The number of aromatic nitrogens is 3. The Bertz CT molecular complexity index is 369. The van der Waals surface area contributed by atoms with Crippen molar-refractivity contribution >= 4 is 22.6 Å². The van der Waals surface area contributed by atoms with Crippen LogP contribution in [0.15, 0.2) is 36.8 Å². The summed E-state index contributed by atoms with van der Waals surface area (Å²) in [5.41, 5.74) is 0. The molecule has 0 N–H and O–H groups in total. The van der Waals surface area contributed by atoms with Crippen molar-refractivity contribution in [3.05, 3.63) is 40.4 Å². The van der Waals surface area contributed by atoms with Gasteiger partial charge in [-0.15, -0.1) is 0 Å². The molecule has 4 heteroatoms. The second-order valence-electron chi connectivity index (χ2n) is 2.29. The van der Waals surface area contributed by atoms with E-state index >= 15 is 0 Å². The molecule has 2 aromatic rings. The fraction of sp³-hybridized carbons (Fsp3) is 0. The Morgan fingerprint density at radius 2 is 2.25 bits per heavy atom. The number of hydrogen-bond donors (Lipinski definition) is 0. The van der Waals surface area contributed by atoms with Crippen LogP contribution in [0.25, 0.3) is 5.82 Å². The maximum Gasteiger partial charge on any atom is 0.153 e. The van der Waals surface area contributed by atoms with Crippen molar-refractivity contribution in [1.82, 2.24) is 14.8 Å². The summed E-state index contributed by atoms with van der Waals surface area (Å²) in [5.74, 6) is 0.848. The summed E-state index contributed by atoms with van der Waals surface area (Å²) in [5, 5.41) is 4.13. The number of nitrogens with zero attached hydrogens (tertiary/aromatic N) is 3. The average Bonchev–Trinajstić information content (AvgIpc) is 2.54. The minimum absolute atomic E-state index is 0.848. The van der Waals surface area contributed by atoms with Gasteiger partial charge in [0, 0.05) is 12.4 Å². The average molecular weight is 271 g/mol. The van der Waals surface area contributed by atoms with E-state index < -0.39 is 0 Å². The van der Waals surface area contributed by atoms with Gasteiger partial charge in [0.1, 0.15) is 0 Å². The van der Waals surface area contributed by atoms with Gasteiger partial charge in [-0.2, -0.15) is 5.10 Å². The van der Waals surface area contributed by atoms with Crippen LogP contribution in [-0.4, -0.2) is 14.8 Å². The zero-order valence-corrected chi connectivity index (χ0v) is 8.34. The normalized spacial score (nSPS) is 10.1. The van der Waals surface area contributed by atoms with Crippen LogP contribution in [0.1, 0.15) is 0 Å². The van der Waals surface area contributed by atoms with E-state index in [1.807, 2.05) is 24.4 Å². The molecule has 0 fully saturated rings. The van der Waals surface area contributed by atoms with Crippen LogP contribution in [0, 0.1) is 3.57 Å². The van der Waals surface area contributed by atoms with Gasteiger partial charge in [-0.1, -0.05) is 6.07 Å². The minimum atomic E-state index is 0.848. The van der Waals surface area contributed by atoms with Crippen LogP contribution in [0.5, 0.6) is 0 Å². The standard InChI is InChI=1S/C8H6IN3/c9-7-5-11-12(6-7)8-3-1-2-4-10-8/h1-6H. The van der Waals surface area contributed by atoms with Gasteiger partial charge < -0.3 is 0 Å². The van der Waals surface area contributed by atoms with Gasteiger partial charge >= 0.3 is 0 Å². The molecule has 2 heterocycles. The predicted octanol–water partition coefficient (Wildman–Crippen LogP) is 1.87. The number of halogens is 1. The van der Waals surface area contributed by atoms with E-state index in [-0.39, 0.29) is 0 Å². The predicted molar refractivity (Wildman–Crippen MR) is 54.1 cm³/mol. The summed E-state index contributed by atoms with van der Waals surface area (Å²) in [7, 11) is 0. The molecule has 60 valence electrons. The van der Waals surface area contributed by atoms with Crippen LogP contribution in [0.4, 0.5) is 0 Å². The van der Waals surface area contributed by atoms with Crippen molar-refractivity contribution in [2.45, 2.75) is 0 Å². The summed E-state index contributed by atoms with van der Waals surface area (Å²) in [6.45, 7) is 0. The quantitative estimate of drug-likeness (QED) is 0.741. The van der Waals surface area contributed by atoms with E-state index in [2.05, 4.69) is 32.7 Å². The van der Waals surface area contributed by atoms with Crippen molar-refractivity contribution in [1.29, 1.82) is 0 Å². The largest absolute Gasteiger partial charge is 0.237 e. The molecule has 0 aliphatic rings. The smallest absolute Gasteiger partial charge is 0.153 e. The van der Waals surface area contributed by atoms with Crippen molar-refractivity contribution in [2.75, 3.05) is 0 Å². The maximum absolute atomic E-state index is 4.16. The maximum atomic E-state index is 4.16. The molecule has 0 radical (unpaired) electrons. The first kappa shape index (κ1) is 7.72. The number of rotatable bonds is 1. The summed E-state index contributed by atoms with van der Waals surface area (Å²) in [6, 6.07) is 5.75. The van der Waals surface area contributed by atoms with Crippen LogP contribution in [0.3, 0.4) is 0 Å². The fourth-order valence-electron chi connectivity index (χ4n) is 0.915. The highest BCUT2D eigenvalue weighted by molar-refractivity contribution is 14.1. The van der Waals surface area contributed by atoms with Gasteiger partial charge in [0.15, 0.2) is 5.82 Å². The van der Waals surface area contributed by atoms with Crippen LogP contribution in [0.2, 0.25) is 0 Å². The molecule has 12 heavy (non-hydrogen) atoms. The topological polar surface area (TPSA) is 30.7 Å². The monoisotopic (exact) mass is 271 g/mol. The molecule has 2 rings (SSSR count). The number of hydrogen-bond acceptors (Lipinski definition) is 2. The molecule has 0 aliphatic heterocycles. The Hall–Kier alpha value is -0.910. The van der Waals surface area contributed by atoms with Crippen molar-refractivity contribution in [3.8, 4) is 5.82 Å².